The summed E-state index contributed by atoms with van der Waals surface area (Å²) in [5.74, 6) is -0.975. The Bertz CT molecular complexity index is 1640. The first-order chi connectivity index (χ1) is 21.7. The second kappa shape index (κ2) is 11.6. The van der Waals surface area contributed by atoms with Crippen molar-refractivity contribution in [3.05, 3.63) is 82.4 Å². The van der Waals surface area contributed by atoms with Gasteiger partial charge in [0.05, 0.1) is 28.2 Å². The van der Waals surface area contributed by atoms with Gasteiger partial charge >= 0.3 is 12.4 Å². The molecule has 13 heteroatoms. The molecule has 3 aromatic rings. The van der Waals surface area contributed by atoms with Gasteiger partial charge in [-0.25, -0.2) is 0 Å². The van der Waals surface area contributed by atoms with Gasteiger partial charge in [-0.15, -0.1) is 0 Å². The molecule has 0 amide bonds. The molecule has 7 nitrogen and oxygen atoms in total. The zero-order valence-electron chi connectivity index (χ0n) is 24.6. The Morgan fingerprint density at radius 1 is 0.761 bits per heavy atom. The fraction of sp³-hybridized carbons (Fsp3) is 0.394. The van der Waals surface area contributed by atoms with E-state index in [1.807, 2.05) is 4.90 Å². The lowest BCUT2D eigenvalue weighted by atomic mass is 9.81. The molecule has 3 aliphatic rings. The van der Waals surface area contributed by atoms with Crippen molar-refractivity contribution < 1.29 is 41.0 Å². The predicted octanol–water partition coefficient (Wildman–Crippen LogP) is 6.55. The normalized spacial score (nSPS) is 18.4. The van der Waals surface area contributed by atoms with Gasteiger partial charge in [0.1, 0.15) is 0 Å². The summed E-state index contributed by atoms with van der Waals surface area (Å²) in [6.45, 7) is 2.73. The van der Waals surface area contributed by atoms with E-state index in [1.165, 1.54) is 31.4 Å². The number of nitrogens with zero attached hydrogens (tertiary/aromatic N) is 2. The molecule has 46 heavy (non-hydrogen) atoms. The Labute approximate surface area is 261 Å². The third kappa shape index (κ3) is 5.28. The third-order valence-electron chi connectivity index (χ3n) is 9.36. The van der Waals surface area contributed by atoms with Crippen LogP contribution >= 0.6 is 0 Å². The smallest absolute Gasteiger partial charge is 0.396 e. The van der Waals surface area contributed by atoms with Crippen LogP contribution in [0.25, 0.3) is 0 Å². The first kappa shape index (κ1) is 31.9. The van der Waals surface area contributed by atoms with Gasteiger partial charge in [0.2, 0.25) is 0 Å². The molecule has 1 aliphatic heterocycles. The number of piperazine rings is 1. The number of hydrogen-bond acceptors (Lipinski definition) is 7. The van der Waals surface area contributed by atoms with E-state index in [1.54, 1.807) is 18.2 Å². The highest BCUT2D eigenvalue weighted by Gasteiger charge is 2.71. The number of rotatable bonds is 5. The van der Waals surface area contributed by atoms with Crippen LogP contribution in [-0.4, -0.2) is 66.1 Å². The molecule has 0 unspecified atom stereocenters. The number of aliphatic hydroxyl groups is 1. The summed E-state index contributed by atoms with van der Waals surface area (Å²) in [6.07, 6.45) is -6.15. The lowest BCUT2D eigenvalue weighted by Gasteiger charge is -2.42. The van der Waals surface area contributed by atoms with Gasteiger partial charge in [-0.2, -0.15) is 26.3 Å². The zero-order valence-corrected chi connectivity index (χ0v) is 24.6. The molecule has 3 aromatic carbocycles. The summed E-state index contributed by atoms with van der Waals surface area (Å²) in [5.41, 5.74) is 1.15. The van der Waals surface area contributed by atoms with E-state index in [0.29, 0.717) is 37.0 Å². The number of carbonyl (C=O) groups is 2. The number of carbonyl (C=O) groups excluding carboxylic acids is 2. The molecule has 0 aromatic heterocycles. The number of benzene rings is 3. The molecule has 0 radical (unpaired) electrons. The highest BCUT2D eigenvalue weighted by atomic mass is 19.4. The molecular weight excluding hydrogens is 614 g/mol. The van der Waals surface area contributed by atoms with Crippen molar-refractivity contribution in [1.82, 2.24) is 4.90 Å². The van der Waals surface area contributed by atoms with Gasteiger partial charge in [0.25, 0.3) is 5.60 Å². The Balaban J connectivity index is 1.38. The van der Waals surface area contributed by atoms with E-state index < -0.39 is 35.1 Å². The molecule has 2 fully saturated rings. The first-order valence-electron chi connectivity index (χ1n) is 15.1. The SMILES string of the molecule is Nc1c(N2CCN(C3CCCCC3)CC2)cc(Nc2ccc(C(O)(C(F)(F)F)C(F)(F)F)cc2)c2c1C(=O)c1ccccc1C2=O. The van der Waals surface area contributed by atoms with Gasteiger partial charge in [-0.3, -0.25) is 14.5 Å². The summed E-state index contributed by atoms with van der Waals surface area (Å²) in [6, 6.07) is 11.3. The van der Waals surface area contributed by atoms with Crippen LogP contribution in [0.15, 0.2) is 54.6 Å². The maximum atomic E-state index is 13.8. The summed E-state index contributed by atoms with van der Waals surface area (Å²) in [5, 5.41) is 12.7. The number of halogens is 6. The van der Waals surface area contributed by atoms with E-state index in [-0.39, 0.29) is 39.3 Å². The average Bonchev–Trinajstić information content (AvgIpc) is 3.03. The number of anilines is 4. The van der Waals surface area contributed by atoms with Gasteiger partial charge < -0.3 is 21.1 Å². The Kier molecular flexibility index (Phi) is 8.04. The van der Waals surface area contributed by atoms with Crippen LogP contribution in [-0.2, 0) is 5.60 Å². The standard InChI is InChI=1S/C33H32F6N4O3/c34-32(35,36)31(46,33(37,38)39)19-10-12-20(13-11-19)41-24-18-25(43-16-14-42(15-17-43)21-6-2-1-3-7-21)28(40)27-26(24)29(44)22-8-4-5-9-23(22)30(27)45/h4-5,8-13,18,21,41,46H,1-3,6-7,14-17,40H2. The van der Waals surface area contributed by atoms with Gasteiger partial charge in [-0.05, 0) is 31.0 Å². The zero-order chi connectivity index (χ0) is 33.0. The molecule has 6 rings (SSSR count). The molecule has 0 spiro atoms. The van der Waals surface area contributed by atoms with Crippen LogP contribution in [0.4, 0.5) is 49.1 Å². The van der Waals surface area contributed by atoms with Crippen LogP contribution < -0.4 is 16.0 Å². The maximum absolute atomic E-state index is 13.8. The van der Waals surface area contributed by atoms with E-state index in [4.69, 9.17) is 5.73 Å². The number of alkyl halides is 6. The highest BCUT2D eigenvalue weighted by Crippen LogP contribution is 2.50. The van der Waals surface area contributed by atoms with Crippen LogP contribution in [0.2, 0.25) is 0 Å². The minimum Gasteiger partial charge on any atom is -0.396 e. The Morgan fingerprint density at radius 2 is 1.30 bits per heavy atom. The number of fused-ring (bicyclic) bond motifs is 2. The Hall–Kier alpha value is -4.10. The molecule has 1 saturated carbocycles. The minimum atomic E-state index is -6.04. The molecule has 2 aliphatic carbocycles. The van der Waals surface area contributed by atoms with Gasteiger partial charge in [0.15, 0.2) is 11.6 Å². The van der Waals surface area contributed by atoms with Crippen LogP contribution in [0.3, 0.4) is 0 Å². The molecule has 1 heterocycles. The predicted molar refractivity (Wildman–Crippen MR) is 161 cm³/mol. The maximum Gasteiger partial charge on any atom is 0.430 e. The van der Waals surface area contributed by atoms with Crippen LogP contribution in [0, 0.1) is 0 Å². The van der Waals surface area contributed by atoms with E-state index >= 15 is 0 Å². The van der Waals surface area contributed by atoms with Gasteiger partial charge in [-0.1, -0.05) is 55.7 Å². The van der Waals surface area contributed by atoms with Crippen molar-refractivity contribution in [2.75, 3.05) is 42.1 Å². The largest absolute Gasteiger partial charge is 0.430 e. The third-order valence-corrected chi connectivity index (χ3v) is 9.36. The highest BCUT2D eigenvalue weighted by molar-refractivity contribution is 6.32. The second-order valence-electron chi connectivity index (χ2n) is 12.0. The summed E-state index contributed by atoms with van der Waals surface area (Å²) in [4.78, 5) is 32.0. The number of nitrogens with one attached hydrogen (secondary N) is 1. The summed E-state index contributed by atoms with van der Waals surface area (Å²) >= 11 is 0. The van der Waals surface area contributed by atoms with E-state index in [9.17, 15) is 41.0 Å². The lowest BCUT2D eigenvalue weighted by Crippen LogP contribution is -2.53. The van der Waals surface area contributed by atoms with Crippen molar-refractivity contribution in [3.63, 3.8) is 0 Å². The topological polar surface area (TPSA) is 98.9 Å². The summed E-state index contributed by atoms with van der Waals surface area (Å²) in [7, 11) is 0. The number of ketones is 2. The molecule has 0 bridgehead atoms. The molecule has 0 atom stereocenters. The monoisotopic (exact) mass is 646 g/mol. The van der Waals surface area contributed by atoms with Crippen molar-refractivity contribution in [1.29, 1.82) is 0 Å². The van der Waals surface area contributed by atoms with Crippen molar-refractivity contribution in [2.24, 2.45) is 0 Å². The van der Waals surface area contributed by atoms with E-state index in [0.717, 1.165) is 38.1 Å². The molecule has 244 valence electrons. The Morgan fingerprint density at radius 3 is 1.85 bits per heavy atom. The van der Waals surface area contributed by atoms with Crippen LogP contribution in [0.5, 0.6) is 0 Å². The fourth-order valence-electron chi connectivity index (χ4n) is 6.88. The minimum absolute atomic E-state index is 0.0152. The van der Waals surface area contributed by atoms with Gasteiger partial charge in [0, 0.05) is 54.6 Å². The molecular formula is C33H32F6N4O3. The number of nitrogens with two attached hydrogens (primary N) is 1. The van der Waals surface area contributed by atoms with Crippen LogP contribution in [0.1, 0.15) is 69.5 Å². The van der Waals surface area contributed by atoms with Crippen molar-refractivity contribution in [3.8, 4) is 0 Å². The number of hydrogen-bond donors (Lipinski definition) is 3. The summed E-state index contributed by atoms with van der Waals surface area (Å²) < 4.78 is 80.6. The molecule has 1 saturated heterocycles. The number of nitrogen functional groups attached to an aromatic ring is 1. The van der Waals surface area contributed by atoms with Crippen molar-refractivity contribution in [2.45, 2.75) is 56.1 Å². The first-order valence-corrected chi connectivity index (χ1v) is 15.1. The average molecular weight is 647 g/mol. The molecule has 4 N–H and O–H groups in total. The fourth-order valence-corrected chi connectivity index (χ4v) is 6.88. The quantitative estimate of drug-likeness (QED) is 0.167. The van der Waals surface area contributed by atoms with E-state index in [2.05, 4.69) is 10.2 Å². The van der Waals surface area contributed by atoms with Crippen molar-refractivity contribution >= 4 is 34.3 Å². The lowest BCUT2D eigenvalue weighted by molar-refractivity contribution is -0.376. The second-order valence-corrected chi connectivity index (χ2v) is 12.0.